The number of rotatable bonds is 17. The Bertz CT molecular complexity index is 1280. The van der Waals surface area contributed by atoms with E-state index in [1.54, 1.807) is 0 Å². The van der Waals surface area contributed by atoms with E-state index < -0.39 is 52.2 Å². The van der Waals surface area contributed by atoms with E-state index in [1.807, 2.05) is 121 Å². The molecule has 9 heteroatoms. The van der Waals surface area contributed by atoms with Gasteiger partial charge in [-0.1, -0.05) is 155 Å². The van der Waals surface area contributed by atoms with Crippen molar-refractivity contribution in [2.75, 3.05) is 0 Å². The number of unbranched alkanes of at least 4 members (excludes halogenated alkanes) is 1. The SMILES string of the molecule is CCCCC(O)N(C(C)CC)C(CC)CC.OC(CC(O)c1ccccc1)c1ccccc1.OC(CC(O)c1ccccc1)c1ccccc1.[O]=[U]=[O]. The fraction of sp³-hybridized carbons (Fsp3) is 0.455. The van der Waals surface area contributed by atoms with Gasteiger partial charge in [0.05, 0.1) is 24.4 Å². The summed E-state index contributed by atoms with van der Waals surface area (Å²) in [5.41, 5.74) is 3.34. The third-order valence-corrected chi connectivity index (χ3v) is 9.25. The molecule has 6 unspecified atom stereocenters. The van der Waals surface area contributed by atoms with Crippen LogP contribution in [0, 0.1) is 27.8 Å². The van der Waals surface area contributed by atoms with E-state index in [2.05, 4.69) is 39.5 Å². The monoisotopic (exact) mass is 956 g/mol. The first-order valence-electron chi connectivity index (χ1n) is 18.9. The third kappa shape index (κ3) is 19.4. The zero-order valence-corrected chi connectivity index (χ0v) is 36.4. The molecule has 0 bridgehead atoms. The topological polar surface area (TPSA) is 139 Å². The molecule has 0 saturated heterocycles. The van der Waals surface area contributed by atoms with Crippen LogP contribution in [0.15, 0.2) is 121 Å². The fourth-order valence-electron chi connectivity index (χ4n) is 6.02. The summed E-state index contributed by atoms with van der Waals surface area (Å²) in [7, 11) is 0. The zero-order chi connectivity index (χ0) is 39.4. The molecule has 0 amide bonds. The van der Waals surface area contributed by atoms with Crippen LogP contribution in [0.1, 0.15) is 133 Å². The van der Waals surface area contributed by atoms with Gasteiger partial charge in [0.15, 0.2) is 0 Å². The fourth-order valence-corrected chi connectivity index (χ4v) is 6.02. The van der Waals surface area contributed by atoms with Crippen LogP contribution in [0.3, 0.4) is 0 Å². The molecule has 4 rings (SSSR count). The molecule has 53 heavy (non-hydrogen) atoms. The van der Waals surface area contributed by atoms with Gasteiger partial charge in [0, 0.05) is 24.9 Å². The predicted octanol–water partition coefficient (Wildman–Crippen LogP) is 9.23. The normalized spacial score (nSPS) is 14.0. The van der Waals surface area contributed by atoms with E-state index in [-0.39, 0.29) is 6.23 Å². The molecule has 4 aromatic carbocycles. The summed E-state index contributed by atoms with van der Waals surface area (Å²) in [5.74, 6) is 0. The van der Waals surface area contributed by atoms with E-state index >= 15 is 0 Å². The number of aliphatic hydroxyl groups excluding tert-OH is 5. The van der Waals surface area contributed by atoms with Gasteiger partial charge in [0.1, 0.15) is 6.23 Å². The molecule has 0 spiro atoms. The van der Waals surface area contributed by atoms with Gasteiger partial charge < -0.3 is 25.5 Å². The molecule has 0 aliphatic carbocycles. The molecule has 0 saturated carbocycles. The third-order valence-electron chi connectivity index (χ3n) is 9.25. The Kier molecular flexibility index (Phi) is 27.0. The summed E-state index contributed by atoms with van der Waals surface area (Å²) in [6.45, 7) is 11.0. The molecule has 6 atom stereocenters. The summed E-state index contributed by atoms with van der Waals surface area (Å²) >= 11 is -2.51. The van der Waals surface area contributed by atoms with Crippen LogP contribution in [0.4, 0.5) is 0 Å². The van der Waals surface area contributed by atoms with Gasteiger partial charge in [-0.25, -0.2) is 0 Å². The van der Waals surface area contributed by atoms with Crippen molar-refractivity contribution in [3.05, 3.63) is 144 Å². The first-order chi connectivity index (χ1) is 25.6. The van der Waals surface area contributed by atoms with Crippen molar-refractivity contribution in [2.45, 2.75) is 129 Å². The Morgan fingerprint density at radius 2 is 0.792 bits per heavy atom. The average Bonchev–Trinajstić information content (AvgIpc) is 3.20. The average molecular weight is 956 g/mol. The van der Waals surface area contributed by atoms with Gasteiger partial charge in [-0.05, 0) is 61.3 Å². The molecule has 290 valence electrons. The van der Waals surface area contributed by atoms with Crippen LogP contribution in [0.25, 0.3) is 0 Å². The minimum absolute atomic E-state index is 0.250. The summed E-state index contributed by atoms with van der Waals surface area (Å²) in [6.07, 6.45) is 4.41. The summed E-state index contributed by atoms with van der Waals surface area (Å²) in [6, 6.07) is 38.6. The second-order valence-electron chi connectivity index (χ2n) is 13.1. The van der Waals surface area contributed by atoms with Gasteiger partial charge in [-0.3, -0.25) is 4.90 Å². The molecule has 0 fully saturated rings. The molecular formula is C44H63NO7U. The quantitative estimate of drug-likeness (QED) is 0.0661. The number of aliphatic hydroxyl groups is 5. The summed E-state index contributed by atoms with van der Waals surface area (Å²) in [5, 5.41) is 50.3. The minimum atomic E-state index is -2.51. The van der Waals surface area contributed by atoms with Crippen LogP contribution in [0.5, 0.6) is 0 Å². The zero-order valence-electron chi connectivity index (χ0n) is 32.2. The molecule has 0 aliphatic heterocycles. The second kappa shape index (κ2) is 29.6. The van der Waals surface area contributed by atoms with Crippen LogP contribution < -0.4 is 0 Å². The van der Waals surface area contributed by atoms with Crippen molar-refractivity contribution in [1.29, 1.82) is 0 Å². The van der Waals surface area contributed by atoms with E-state index in [0.717, 1.165) is 60.8 Å². The number of benzene rings is 4. The first kappa shape index (κ1) is 48.3. The molecule has 0 radical (unpaired) electrons. The molecule has 0 heterocycles. The molecule has 4 aromatic rings. The van der Waals surface area contributed by atoms with Gasteiger partial charge in [0.25, 0.3) is 0 Å². The van der Waals surface area contributed by atoms with Gasteiger partial charge in [-0.15, -0.1) is 0 Å². The van der Waals surface area contributed by atoms with Crippen LogP contribution in [0.2, 0.25) is 0 Å². The van der Waals surface area contributed by atoms with Crippen LogP contribution >= 0.6 is 0 Å². The van der Waals surface area contributed by atoms with Crippen molar-refractivity contribution in [2.24, 2.45) is 0 Å². The van der Waals surface area contributed by atoms with Crippen molar-refractivity contribution < 1.29 is 57.8 Å². The van der Waals surface area contributed by atoms with E-state index in [9.17, 15) is 25.5 Å². The van der Waals surface area contributed by atoms with Crippen molar-refractivity contribution in [1.82, 2.24) is 4.90 Å². The Morgan fingerprint density at radius 3 is 1.02 bits per heavy atom. The molecule has 0 aliphatic rings. The second-order valence-corrected chi connectivity index (χ2v) is 13.8. The van der Waals surface area contributed by atoms with E-state index in [4.69, 9.17) is 4.47 Å². The first-order valence-corrected chi connectivity index (χ1v) is 22.3. The Hall–Kier alpha value is -2.71. The van der Waals surface area contributed by atoms with Crippen molar-refractivity contribution >= 4 is 0 Å². The van der Waals surface area contributed by atoms with Gasteiger partial charge >= 0.3 is 32.3 Å². The predicted molar refractivity (Wildman–Crippen MR) is 208 cm³/mol. The van der Waals surface area contributed by atoms with Gasteiger partial charge in [-0.2, -0.15) is 0 Å². The van der Waals surface area contributed by atoms with Crippen LogP contribution in [-0.4, -0.2) is 48.7 Å². The van der Waals surface area contributed by atoms with E-state index in [0.29, 0.717) is 24.9 Å². The molecular weight excluding hydrogens is 893 g/mol. The maximum absolute atomic E-state index is 10.3. The number of hydrogen-bond acceptors (Lipinski definition) is 8. The Morgan fingerprint density at radius 1 is 0.509 bits per heavy atom. The molecule has 0 aromatic heterocycles. The van der Waals surface area contributed by atoms with Crippen LogP contribution in [-0.2, 0) is 4.47 Å². The van der Waals surface area contributed by atoms with Crippen molar-refractivity contribution in [3.8, 4) is 0 Å². The summed E-state index contributed by atoms with van der Waals surface area (Å²) < 4.78 is 17.2. The van der Waals surface area contributed by atoms with Gasteiger partial charge in [0.2, 0.25) is 0 Å². The van der Waals surface area contributed by atoms with Crippen molar-refractivity contribution in [3.63, 3.8) is 0 Å². The Balaban J connectivity index is 0.000000383. The molecule has 8 nitrogen and oxygen atoms in total. The molecule has 5 N–H and O–H groups in total. The Labute approximate surface area is 333 Å². The maximum atomic E-state index is 10.3. The standard InChI is InChI=1S/2C15H16O2.C14H31NO.2O.U/c2*16-14(12-7-3-1-4-8-12)11-15(17)13-9-5-2-6-10-13;1-6-10-11-14(16)15(12(5)7-2)13(8-3)9-4;;;/h2*1-10,14-17H,11H2;12-14,16H,6-11H2,1-5H3;;;. The number of hydrogen-bond donors (Lipinski definition) is 5. The number of nitrogens with zero attached hydrogens (tertiary/aromatic N) is 1. The van der Waals surface area contributed by atoms with E-state index in [1.165, 1.54) is 0 Å². The summed E-state index contributed by atoms with van der Waals surface area (Å²) in [4.78, 5) is 2.33.